The fourth-order valence-corrected chi connectivity index (χ4v) is 6.73. The van der Waals surface area contributed by atoms with E-state index in [0.29, 0.717) is 28.9 Å². The lowest BCUT2D eigenvalue weighted by molar-refractivity contribution is -0.136. The van der Waals surface area contributed by atoms with E-state index >= 15 is 0 Å². The van der Waals surface area contributed by atoms with E-state index in [1.165, 1.54) is 0 Å². The Bertz CT molecular complexity index is 2230. The van der Waals surface area contributed by atoms with Gasteiger partial charge in [-0.25, -0.2) is 9.97 Å². The molecule has 53 heavy (non-hydrogen) atoms. The summed E-state index contributed by atoms with van der Waals surface area (Å²) in [6, 6.07) is 19.9. The summed E-state index contributed by atoms with van der Waals surface area (Å²) in [6.45, 7) is 5.76. The first-order valence-corrected chi connectivity index (χ1v) is 17.1. The van der Waals surface area contributed by atoms with Crippen LogP contribution >= 0.6 is 0 Å². The minimum Gasteiger partial charge on any atom is -0.490 e. The number of carbonyl (C=O) groups excluding carboxylic acids is 4. The molecule has 4 amide bonds. The lowest BCUT2D eigenvalue weighted by Gasteiger charge is -2.36. The number of nitrogens with one attached hydrogen (secondary N) is 2. The molecule has 1 saturated heterocycles. The van der Waals surface area contributed by atoms with Crippen LogP contribution in [0.3, 0.4) is 0 Å². The van der Waals surface area contributed by atoms with Crippen molar-refractivity contribution < 1.29 is 33.1 Å². The minimum absolute atomic E-state index is 0.0198. The summed E-state index contributed by atoms with van der Waals surface area (Å²) in [6.07, 6.45) is 6.72. The fourth-order valence-electron chi connectivity index (χ4n) is 6.73. The van der Waals surface area contributed by atoms with Crippen molar-refractivity contribution in [3.05, 3.63) is 120 Å². The molecular formula is C39H33N7O7. The monoisotopic (exact) mass is 711 g/mol. The second-order valence-electron chi connectivity index (χ2n) is 13.1. The van der Waals surface area contributed by atoms with Gasteiger partial charge in [0.2, 0.25) is 23.5 Å². The Morgan fingerprint density at radius 2 is 1.57 bits per heavy atom. The summed E-state index contributed by atoms with van der Waals surface area (Å²) in [7, 11) is 0. The van der Waals surface area contributed by atoms with Gasteiger partial charge in [0.25, 0.3) is 17.7 Å². The number of rotatable bonds is 11. The molecule has 2 fully saturated rings. The van der Waals surface area contributed by atoms with Gasteiger partial charge in [0.1, 0.15) is 23.6 Å². The maximum atomic E-state index is 13.2. The average Bonchev–Trinajstić information content (AvgIpc) is 3.69. The molecule has 14 heteroatoms. The average molecular weight is 712 g/mol. The van der Waals surface area contributed by atoms with Crippen molar-refractivity contribution in [1.29, 1.82) is 0 Å². The number of hydrogen-bond acceptors (Lipinski definition) is 12. The van der Waals surface area contributed by atoms with Crippen molar-refractivity contribution in [2.45, 2.75) is 56.7 Å². The number of amides is 4. The maximum Gasteiger partial charge on any atom is 0.285 e. The van der Waals surface area contributed by atoms with E-state index < -0.39 is 29.7 Å². The Kier molecular flexibility index (Phi) is 8.70. The number of ether oxygens (including phenoxy) is 2. The number of imide groups is 2. The van der Waals surface area contributed by atoms with Gasteiger partial charge in [-0.15, -0.1) is 16.8 Å². The van der Waals surface area contributed by atoms with Crippen molar-refractivity contribution in [3.8, 4) is 29.0 Å². The Labute approximate surface area is 303 Å². The van der Waals surface area contributed by atoms with E-state index in [1.54, 1.807) is 37.5 Å². The highest BCUT2D eigenvalue weighted by Crippen LogP contribution is 2.34. The number of carbonyl (C=O) groups is 4. The third kappa shape index (κ3) is 6.73. The van der Waals surface area contributed by atoms with Crippen molar-refractivity contribution in [2.24, 2.45) is 0 Å². The van der Waals surface area contributed by atoms with Crippen LogP contribution in [0.25, 0.3) is 11.7 Å². The van der Waals surface area contributed by atoms with Crippen molar-refractivity contribution in [1.82, 2.24) is 30.4 Å². The summed E-state index contributed by atoms with van der Waals surface area (Å²) in [4.78, 5) is 59.5. The quantitative estimate of drug-likeness (QED) is 0.132. The van der Waals surface area contributed by atoms with Crippen LogP contribution in [0.5, 0.6) is 17.2 Å². The molecule has 14 nitrogen and oxygen atoms in total. The van der Waals surface area contributed by atoms with Crippen molar-refractivity contribution >= 4 is 29.3 Å². The number of nitrogens with zero attached hydrogens (tertiary/aromatic N) is 5. The molecule has 2 N–H and O–H groups in total. The van der Waals surface area contributed by atoms with E-state index in [0.717, 1.165) is 34.6 Å². The van der Waals surface area contributed by atoms with Gasteiger partial charge in [-0.2, -0.15) is 0 Å². The predicted molar refractivity (Wildman–Crippen MR) is 189 cm³/mol. The standard InChI is InChI=1S/C39H33N7O7/c1-3-30(23-6-11-27(12-7-23)53-29-19-40-35(41-20-29)37-45-44-21(2)51-37)22-4-9-26(10-5-22)52-28-16-25(17-28)42-24-8-13-31-32(18-24)39(50)46(38(31)49)33-14-15-34(47)43-36(33)48/h3-13,18-20,25,28,30,33,42H,1,14-17H2,2H3,(H,43,47,48)/t25-,28-,30?,33?. The summed E-state index contributed by atoms with van der Waals surface area (Å²) < 4.78 is 17.5. The SMILES string of the molecule is C=CC(c1ccc(Oc2cnc(-c3nnc(C)o3)nc2)cc1)c1ccc(O[C@H]2C[C@H](Nc3ccc4c(c3)C(=O)N(C3CCC(=O)NC3=O)C4=O)C2)cc1. The molecule has 0 radical (unpaired) electrons. The Morgan fingerprint density at radius 3 is 2.21 bits per heavy atom. The summed E-state index contributed by atoms with van der Waals surface area (Å²) >= 11 is 0. The maximum absolute atomic E-state index is 13.2. The third-order valence-corrected chi connectivity index (χ3v) is 9.50. The molecule has 2 unspecified atom stereocenters. The van der Waals surface area contributed by atoms with Gasteiger partial charge in [0.15, 0.2) is 5.75 Å². The number of benzene rings is 3. The number of hydrogen-bond donors (Lipinski definition) is 2. The van der Waals surface area contributed by atoms with Crippen LogP contribution < -0.4 is 20.1 Å². The Hall–Kier alpha value is -6.70. The van der Waals surface area contributed by atoms with Crippen LogP contribution in [-0.2, 0) is 9.59 Å². The first-order chi connectivity index (χ1) is 25.7. The highest BCUT2D eigenvalue weighted by Gasteiger charge is 2.44. The van der Waals surface area contributed by atoms with Gasteiger partial charge < -0.3 is 19.2 Å². The van der Waals surface area contributed by atoms with E-state index in [2.05, 4.69) is 37.4 Å². The van der Waals surface area contributed by atoms with E-state index in [-0.39, 0.29) is 47.9 Å². The molecule has 8 rings (SSSR count). The molecule has 0 bridgehead atoms. The topological polar surface area (TPSA) is 179 Å². The lowest BCUT2D eigenvalue weighted by Crippen LogP contribution is -2.54. The van der Waals surface area contributed by atoms with E-state index in [4.69, 9.17) is 13.9 Å². The number of piperidine rings is 1. The molecule has 3 aromatic carbocycles. The summed E-state index contributed by atoms with van der Waals surface area (Å²) in [5, 5.41) is 13.4. The van der Waals surface area contributed by atoms with Crippen LogP contribution in [0.1, 0.15) is 69.3 Å². The van der Waals surface area contributed by atoms with Crippen LogP contribution in [-0.4, -0.2) is 66.9 Å². The molecule has 4 heterocycles. The van der Waals surface area contributed by atoms with Crippen molar-refractivity contribution in [3.63, 3.8) is 0 Å². The zero-order valence-electron chi connectivity index (χ0n) is 28.5. The second-order valence-corrected chi connectivity index (χ2v) is 13.1. The van der Waals surface area contributed by atoms with Crippen LogP contribution in [0.15, 0.2) is 96.2 Å². The fraction of sp³-hybridized carbons (Fsp3) is 0.231. The zero-order valence-corrected chi connectivity index (χ0v) is 28.5. The molecule has 3 aliphatic rings. The zero-order chi connectivity index (χ0) is 36.6. The van der Waals surface area contributed by atoms with Gasteiger partial charge in [0, 0.05) is 43.8 Å². The van der Waals surface area contributed by atoms with Gasteiger partial charge >= 0.3 is 0 Å². The van der Waals surface area contributed by atoms with Gasteiger partial charge in [0.05, 0.1) is 23.5 Å². The molecule has 0 spiro atoms. The third-order valence-electron chi connectivity index (χ3n) is 9.50. The number of aryl methyl sites for hydroxylation is 1. The molecule has 266 valence electrons. The van der Waals surface area contributed by atoms with E-state index in [1.807, 2.05) is 54.6 Å². The smallest absolute Gasteiger partial charge is 0.285 e. The molecule has 5 aromatic rings. The highest BCUT2D eigenvalue weighted by molar-refractivity contribution is 6.23. The number of anilines is 1. The van der Waals surface area contributed by atoms with Gasteiger partial charge in [-0.05, 0) is 60.0 Å². The Balaban J connectivity index is 0.827. The van der Waals surface area contributed by atoms with Crippen LogP contribution in [0.4, 0.5) is 5.69 Å². The second kappa shape index (κ2) is 13.8. The molecule has 1 aliphatic carbocycles. The number of allylic oxidation sites excluding steroid dienone is 1. The lowest BCUT2D eigenvalue weighted by atomic mass is 9.88. The first kappa shape index (κ1) is 33.4. The largest absolute Gasteiger partial charge is 0.490 e. The number of fused-ring (bicyclic) bond motifs is 1. The normalized spacial score (nSPS) is 19.9. The summed E-state index contributed by atoms with van der Waals surface area (Å²) in [5.41, 5.74) is 3.31. The van der Waals surface area contributed by atoms with Crippen LogP contribution in [0, 0.1) is 6.92 Å². The van der Waals surface area contributed by atoms with Gasteiger partial charge in [-0.1, -0.05) is 30.3 Å². The predicted octanol–water partition coefficient (Wildman–Crippen LogP) is 5.37. The summed E-state index contributed by atoms with van der Waals surface area (Å²) in [5.74, 6) is 0.741. The van der Waals surface area contributed by atoms with Gasteiger partial charge in [-0.3, -0.25) is 29.4 Å². The van der Waals surface area contributed by atoms with Crippen LogP contribution in [0.2, 0.25) is 0 Å². The first-order valence-electron chi connectivity index (χ1n) is 17.1. The Morgan fingerprint density at radius 1 is 0.887 bits per heavy atom. The molecule has 1 saturated carbocycles. The molecule has 2 atom stereocenters. The van der Waals surface area contributed by atoms with Crippen molar-refractivity contribution in [2.75, 3.05) is 5.32 Å². The highest BCUT2D eigenvalue weighted by atomic mass is 16.5. The number of aromatic nitrogens is 4. The molecular weight excluding hydrogens is 678 g/mol. The molecule has 2 aromatic heterocycles. The minimum atomic E-state index is -0.994. The molecule has 2 aliphatic heterocycles. The van der Waals surface area contributed by atoms with E-state index in [9.17, 15) is 19.2 Å².